The molecule has 0 aromatic heterocycles. The van der Waals surface area contributed by atoms with Crippen molar-refractivity contribution >= 4 is 45.9 Å². The van der Waals surface area contributed by atoms with Gasteiger partial charge in [-0.25, -0.2) is 0 Å². The summed E-state index contributed by atoms with van der Waals surface area (Å²) in [6.07, 6.45) is 2.58. The minimum absolute atomic E-state index is 0.348. The summed E-state index contributed by atoms with van der Waals surface area (Å²) in [6.45, 7) is 0. The van der Waals surface area contributed by atoms with Gasteiger partial charge in [-0.05, 0) is 12.1 Å². The standard InChI is InChI=1S/C26H16N2O4/c29-23-13-21(15-7-1-3-9-17(15)25(23)31)27-19-11-5-6-12-20(19)28-22-14-24(30)26(32)18-10-4-2-8-16(18)22/h1-14,27-28H. The fourth-order valence-electron chi connectivity index (χ4n) is 3.84. The minimum atomic E-state index is -0.593. The lowest BCUT2D eigenvalue weighted by atomic mass is 9.92. The number of carbonyl (C=O) groups is 4. The Hall–Kier alpha value is -4.58. The molecule has 0 aliphatic heterocycles. The number of para-hydroxylation sites is 2. The number of ketones is 4. The van der Waals surface area contributed by atoms with E-state index in [0.717, 1.165) is 0 Å². The van der Waals surface area contributed by atoms with Crippen molar-refractivity contribution in [2.24, 2.45) is 0 Å². The number of anilines is 2. The zero-order chi connectivity index (χ0) is 22.2. The van der Waals surface area contributed by atoms with Gasteiger partial charge in [0.2, 0.25) is 23.1 Å². The predicted octanol–water partition coefficient (Wildman–Crippen LogP) is 4.12. The molecule has 3 aromatic rings. The van der Waals surface area contributed by atoms with Crippen LogP contribution < -0.4 is 10.6 Å². The smallest absolute Gasteiger partial charge is 0.233 e. The van der Waals surface area contributed by atoms with Gasteiger partial charge in [0.15, 0.2) is 0 Å². The molecule has 2 aliphatic carbocycles. The van der Waals surface area contributed by atoms with Crippen molar-refractivity contribution in [2.75, 3.05) is 10.6 Å². The molecule has 154 valence electrons. The van der Waals surface area contributed by atoms with Gasteiger partial charge in [-0.2, -0.15) is 0 Å². The lowest BCUT2D eigenvalue weighted by Crippen LogP contribution is -2.22. The Morgan fingerprint density at radius 1 is 0.438 bits per heavy atom. The molecule has 5 rings (SSSR count). The molecule has 0 radical (unpaired) electrons. The highest BCUT2D eigenvalue weighted by Crippen LogP contribution is 2.33. The van der Waals surface area contributed by atoms with Gasteiger partial charge in [-0.15, -0.1) is 0 Å². The summed E-state index contributed by atoms with van der Waals surface area (Å²) in [5, 5.41) is 6.47. The third-order valence-corrected chi connectivity index (χ3v) is 5.39. The van der Waals surface area contributed by atoms with Gasteiger partial charge in [-0.3, -0.25) is 19.2 Å². The Morgan fingerprint density at radius 2 is 0.781 bits per heavy atom. The summed E-state index contributed by atoms with van der Waals surface area (Å²) in [7, 11) is 0. The van der Waals surface area contributed by atoms with Crippen molar-refractivity contribution in [1.82, 2.24) is 0 Å². The van der Waals surface area contributed by atoms with E-state index in [1.54, 1.807) is 48.5 Å². The van der Waals surface area contributed by atoms with Crippen LogP contribution in [-0.2, 0) is 9.59 Å². The van der Waals surface area contributed by atoms with Gasteiger partial charge in [0.05, 0.1) is 22.8 Å². The molecule has 32 heavy (non-hydrogen) atoms. The van der Waals surface area contributed by atoms with E-state index in [1.807, 2.05) is 24.3 Å². The molecule has 0 saturated carbocycles. The normalized spacial score (nSPS) is 14.9. The highest BCUT2D eigenvalue weighted by atomic mass is 16.2. The summed E-state index contributed by atoms with van der Waals surface area (Å²) < 4.78 is 0. The highest BCUT2D eigenvalue weighted by molar-refractivity contribution is 6.51. The number of nitrogens with one attached hydrogen (secondary N) is 2. The maximum absolute atomic E-state index is 12.2. The number of carbonyl (C=O) groups excluding carboxylic acids is 4. The number of benzene rings is 3. The van der Waals surface area contributed by atoms with Gasteiger partial charge >= 0.3 is 0 Å². The molecular formula is C26H16N2O4. The van der Waals surface area contributed by atoms with Crippen LogP contribution in [0.3, 0.4) is 0 Å². The molecule has 0 fully saturated rings. The molecule has 0 spiro atoms. The molecule has 0 atom stereocenters. The molecular weight excluding hydrogens is 404 g/mol. The van der Waals surface area contributed by atoms with E-state index in [0.29, 0.717) is 45.0 Å². The van der Waals surface area contributed by atoms with Crippen LogP contribution >= 0.6 is 0 Å². The van der Waals surface area contributed by atoms with Crippen LogP contribution in [0.25, 0.3) is 11.4 Å². The maximum atomic E-state index is 12.2. The monoisotopic (exact) mass is 420 g/mol. The predicted molar refractivity (Wildman–Crippen MR) is 121 cm³/mol. The van der Waals surface area contributed by atoms with E-state index in [2.05, 4.69) is 10.6 Å². The quantitative estimate of drug-likeness (QED) is 0.617. The van der Waals surface area contributed by atoms with Crippen LogP contribution in [0.4, 0.5) is 11.4 Å². The molecule has 3 aromatic carbocycles. The van der Waals surface area contributed by atoms with E-state index < -0.39 is 23.1 Å². The van der Waals surface area contributed by atoms with Gasteiger partial charge in [0.25, 0.3) is 0 Å². The van der Waals surface area contributed by atoms with Gasteiger partial charge in [-0.1, -0.05) is 60.7 Å². The molecule has 2 aliphatic rings. The average molecular weight is 420 g/mol. The van der Waals surface area contributed by atoms with Crippen LogP contribution in [0.5, 0.6) is 0 Å². The Bertz CT molecular complexity index is 1290. The molecule has 0 unspecified atom stereocenters. The van der Waals surface area contributed by atoms with Crippen LogP contribution in [0.1, 0.15) is 31.8 Å². The lowest BCUT2D eigenvalue weighted by molar-refractivity contribution is -0.111. The number of allylic oxidation sites excluding steroid dienone is 2. The molecule has 2 N–H and O–H groups in total. The molecule has 0 amide bonds. The number of hydrogen-bond acceptors (Lipinski definition) is 6. The van der Waals surface area contributed by atoms with Gasteiger partial charge < -0.3 is 10.6 Å². The second-order valence-corrected chi connectivity index (χ2v) is 7.39. The summed E-state index contributed by atoms with van der Waals surface area (Å²) in [4.78, 5) is 48.8. The van der Waals surface area contributed by atoms with E-state index in [4.69, 9.17) is 0 Å². The summed E-state index contributed by atoms with van der Waals surface area (Å²) in [6, 6.07) is 21.1. The zero-order valence-electron chi connectivity index (χ0n) is 16.7. The Morgan fingerprint density at radius 3 is 1.19 bits per heavy atom. The zero-order valence-corrected chi connectivity index (χ0v) is 16.7. The van der Waals surface area contributed by atoms with E-state index in [-0.39, 0.29) is 0 Å². The second kappa shape index (κ2) is 7.59. The molecule has 0 heterocycles. The minimum Gasteiger partial charge on any atom is -0.353 e. The number of fused-ring (bicyclic) bond motifs is 2. The molecule has 6 heteroatoms. The summed E-state index contributed by atoms with van der Waals surface area (Å²) in [5.74, 6) is -2.26. The first-order valence-corrected chi connectivity index (χ1v) is 9.95. The largest absolute Gasteiger partial charge is 0.353 e. The summed E-state index contributed by atoms with van der Waals surface area (Å²) in [5.41, 5.74) is 4.25. The SMILES string of the molecule is O=C1C=C(Nc2ccccc2NC2=CC(=O)C(=O)c3ccccc32)c2ccccc2C1=O. The van der Waals surface area contributed by atoms with E-state index in [1.165, 1.54) is 12.2 Å². The van der Waals surface area contributed by atoms with Crippen LogP contribution in [0.15, 0.2) is 84.9 Å². The number of hydrogen-bond donors (Lipinski definition) is 2. The Balaban J connectivity index is 1.51. The lowest BCUT2D eigenvalue weighted by Gasteiger charge is -2.22. The second-order valence-electron chi connectivity index (χ2n) is 7.39. The topological polar surface area (TPSA) is 92.3 Å². The third-order valence-electron chi connectivity index (χ3n) is 5.39. The van der Waals surface area contributed by atoms with Crippen molar-refractivity contribution in [3.05, 3.63) is 107 Å². The number of rotatable bonds is 4. The average Bonchev–Trinajstić information content (AvgIpc) is 2.82. The number of Topliss-reactive ketones (excluding diaryl/α,β-unsaturated/α-hetero) is 2. The van der Waals surface area contributed by atoms with E-state index in [9.17, 15) is 19.2 Å². The van der Waals surface area contributed by atoms with Crippen LogP contribution in [-0.4, -0.2) is 23.1 Å². The Labute approximate surface area is 183 Å². The fourth-order valence-corrected chi connectivity index (χ4v) is 3.84. The first-order chi connectivity index (χ1) is 15.5. The first kappa shape index (κ1) is 19.4. The third kappa shape index (κ3) is 3.24. The van der Waals surface area contributed by atoms with Crippen molar-refractivity contribution in [2.45, 2.75) is 0 Å². The van der Waals surface area contributed by atoms with Crippen molar-refractivity contribution in [1.29, 1.82) is 0 Å². The van der Waals surface area contributed by atoms with E-state index >= 15 is 0 Å². The van der Waals surface area contributed by atoms with Crippen molar-refractivity contribution in [3.8, 4) is 0 Å². The molecule has 6 nitrogen and oxygen atoms in total. The van der Waals surface area contributed by atoms with Gasteiger partial charge in [0, 0.05) is 34.4 Å². The molecule has 0 saturated heterocycles. The summed E-state index contributed by atoms with van der Waals surface area (Å²) >= 11 is 0. The Kier molecular flexibility index (Phi) is 4.60. The highest BCUT2D eigenvalue weighted by Gasteiger charge is 2.27. The first-order valence-electron chi connectivity index (χ1n) is 9.95. The van der Waals surface area contributed by atoms with Crippen LogP contribution in [0.2, 0.25) is 0 Å². The van der Waals surface area contributed by atoms with Crippen molar-refractivity contribution < 1.29 is 19.2 Å². The van der Waals surface area contributed by atoms with Crippen molar-refractivity contribution in [3.63, 3.8) is 0 Å². The fraction of sp³-hybridized carbons (Fsp3) is 0. The maximum Gasteiger partial charge on any atom is 0.233 e. The van der Waals surface area contributed by atoms with Crippen LogP contribution in [0, 0.1) is 0 Å². The molecule has 0 bridgehead atoms. The van der Waals surface area contributed by atoms with Gasteiger partial charge in [0.1, 0.15) is 0 Å².